The number of hydrogen-bond donors (Lipinski definition) is 2. The first-order chi connectivity index (χ1) is 20.2. The molecule has 11 nitrogen and oxygen atoms in total. The lowest BCUT2D eigenvalue weighted by Gasteiger charge is -2.31. The van der Waals surface area contributed by atoms with Crippen molar-refractivity contribution < 1.29 is 28.7 Å². The van der Waals surface area contributed by atoms with Gasteiger partial charge in [0, 0.05) is 37.8 Å². The summed E-state index contributed by atoms with van der Waals surface area (Å²) in [5.74, 6) is -1.35. The number of carbonyl (C=O) groups excluding carboxylic acids is 5. The van der Waals surface area contributed by atoms with Gasteiger partial charge in [-0.05, 0) is 54.9 Å². The molecule has 2 N–H and O–H groups in total. The molecule has 4 amide bonds. The molecular weight excluding hydrogens is 550 g/mol. The van der Waals surface area contributed by atoms with Crippen LogP contribution >= 0.6 is 0 Å². The Bertz CT molecular complexity index is 1200. The quantitative estimate of drug-likeness (QED) is 0.446. The SMILES string of the molecule is CC(=O)NC(CC(C)(C)C)C(=O)N1CC(=O)C2C1CCN2C(=O)C(CC(C)C)NC(=O)c1ccc(N2CCOCC2)cc1. The lowest BCUT2D eigenvalue weighted by molar-refractivity contribution is -0.138. The lowest BCUT2D eigenvalue weighted by Crippen LogP contribution is -2.53. The van der Waals surface area contributed by atoms with Crippen molar-refractivity contribution in [1.29, 1.82) is 0 Å². The van der Waals surface area contributed by atoms with Crippen LogP contribution in [0.15, 0.2) is 24.3 Å². The van der Waals surface area contributed by atoms with Crippen LogP contribution in [0, 0.1) is 11.3 Å². The molecule has 0 spiro atoms. The molecule has 3 aliphatic rings. The summed E-state index contributed by atoms with van der Waals surface area (Å²) in [6, 6.07) is 4.55. The fourth-order valence-electron chi connectivity index (χ4n) is 6.40. The van der Waals surface area contributed by atoms with E-state index in [1.807, 2.05) is 46.8 Å². The molecule has 0 bridgehead atoms. The number of amides is 4. The van der Waals surface area contributed by atoms with Crippen molar-refractivity contribution in [1.82, 2.24) is 20.4 Å². The van der Waals surface area contributed by atoms with Gasteiger partial charge in [0.2, 0.25) is 17.7 Å². The van der Waals surface area contributed by atoms with Crippen LogP contribution in [0.3, 0.4) is 0 Å². The summed E-state index contributed by atoms with van der Waals surface area (Å²) < 4.78 is 5.42. The summed E-state index contributed by atoms with van der Waals surface area (Å²) in [7, 11) is 0. The van der Waals surface area contributed by atoms with Crippen LogP contribution in [-0.4, -0.2) is 103 Å². The number of morpholine rings is 1. The highest BCUT2D eigenvalue weighted by Gasteiger charge is 2.53. The van der Waals surface area contributed by atoms with Gasteiger partial charge in [0.15, 0.2) is 5.78 Å². The zero-order valence-corrected chi connectivity index (χ0v) is 26.4. The maximum Gasteiger partial charge on any atom is 0.251 e. The molecule has 4 rings (SSSR count). The van der Waals surface area contributed by atoms with Gasteiger partial charge >= 0.3 is 0 Å². The summed E-state index contributed by atoms with van der Waals surface area (Å²) in [6.07, 6.45) is 1.30. The fraction of sp³-hybridized carbons (Fsp3) is 0.656. The van der Waals surface area contributed by atoms with Crippen LogP contribution < -0.4 is 15.5 Å². The molecule has 1 aromatic rings. The minimum atomic E-state index is -0.810. The van der Waals surface area contributed by atoms with E-state index in [1.165, 1.54) is 6.92 Å². The van der Waals surface area contributed by atoms with Crippen molar-refractivity contribution >= 4 is 35.1 Å². The van der Waals surface area contributed by atoms with Gasteiger partial charge in [-0.1, -0.05) is 34.6 Å². The number of carbonyl (C=O) groups is 5. The van der Waals surface area contributed by atoms with Crippen molar-refractivity contribution in [3.8, 4) is 0 Å². The molecule has 0 radical (unpaired) electrons. The van der Waals surface area contributed by atoms with Crippen molar-refractivity contribution in [3.63, 3.8) is 0 Å². The summed E-state index contributed by atoms with van der Waals surface area (Å²) in [5, 5.41) is 5.69. The second-order valence-corrected chi connectivity index (χ2v) is 13.6. The molecule has 4 unspecified atom stereocenters. The molecule has 43 heavy (non-hydrogen) atoms. The van der Waals surface area contributed by atoms with Crippen molar-refractivity contribution in [2.45, 2.75) is 85.0 Å². The first-order valence-corrected chi connectivity index (χ1v) is 15.4. The van der Waals surface area contributed by atoms with Gasteiger partial charge in [-0.25, -0.2) is 0 Å². The Labute approximate surface area is 254 Å². The number of fused-ring (bicyclic) bond motifs is 1. The molecule has 3 aliphatic heterocycles. The minimum Gasteiger partial charge on any atom is -0.378 e. The number of ether oxygens (including phenoxy) is 1. The number of nitrogens with one attached hydrogen (secondary N) is 2. The average molecular weight is 598 g/mol. The predicted molar refractivity (Wildman–Crippen MR) is 162 cm³/mol. The first kappa shape index (κ1) is 32.4. The van der Waals surface area contributed by atoms with Crippen LogP contribution in [0.25, 0.3) is 0 Å². The van der Waals surface area contributed by atoms with Crippen LogP contribution in [0.4, 0.5) is 5.69 Å². The third-order valence-corrected chi connectivity index (χ3v) is 8.30. The largest absolute Gasteiger partial charge is 0.378 e. The molecule has 236 valence electrons. The lowest BCUT2D eigenvalue weighted by atomic mass is 9.87. The van der Waals surface area contributed by atoms with Crippen LogP contribution in [0.5, 0.6) is 0 Å². The van der Waals surface area contributed by atoms with Crippen LogP contribution in [-0.2, 0) is 23.9 Å². The van der Waals surface area contributed by atoms with E-state index >= 15 is 0 Å². The van der Waals surface area contributed by atoms with E-state index in [0.717, 1.165) is 18.8 Å². The summed E-state index contributed by atoms with van der Waals surface area (Å²) >= 11 is 0. The maximum absolute atomic E-state index is 13.9. The molecule has 11 heteroatoms. The second kappa shape index (κ2) is 13.4. The number of anilines is 1. The second-order valence-electron chi connectivity index (χ2n) is 13.6. The standard InChI is InChI=1S/C32H47N5O6/c1-20(2)17-24(34-29(40)22-7-9-23(10-8-22)35-13-15-43-16-14-35)30(41)36-12-11-26-28(36)27(39)19-37(26)31(42)25(33-21(3)38)18-32(4,5)6/h7-10,20,24-26,28H,11-19H2,1-6H3,(H,33,38)(H,34,40). The number of ketones is 1. The smallest absolute Gasteiger partial charge is 0.251 e. The zero-order chi connectivity index (χ0) is 31.5. The van der Waals surface area contributed by atoms with E-state index in [1.54, 1.807) is 21.9 Å². The van der Waals surface area contributed by atoms with Gasteiger partial charge in [-0.3, -0.25) is 24.0 Å². The number of rotatable bonds is 9. The fourth-order valence-corrected chi connectivity index (χ4v) is 6.40. The van der Waals surface area contributed by atoms with E-state index in [0.29, 0.717) is 44.6 Å². The molecule has 0 aromatic heterocycles. The molecule has 4 atom stereocenters. The van der Waals surface area contributed by atoms with Crippen LogP contribution in [0.1, 0.15) is 71.2 Å². The average Bonchev–Trinajstić information content (AvgIpc) is 3.52. The number of nitrogens with zero attached hydrogens (tertiary/aromatic N) is 3. The van der Waals surface area contributed by atoms with Gasteiger partial charge < -0.3 is 30.1 Å². The van der Waals surface area contributed by atoms with E-state index in [9.17, 15) is 24.0 Å². The molecule has 1 aromatic carbocycles. The number of hydrogen-bond acceptors (Lipinski definition) is 7. The number of Topliss-reactive ketones (excluding diaryl/α,β-unsaturated/α-hetero) is 1. The van der Waals surface area contributed by atoms with Gasteiger partial charge in [0.25, 0.3) is 5.91 Å². The predicted octanol–water partition coefficient (Wildman–Crippen LogP) is 1.99. The topological polar surface area (TPSA) is 128 Å². The highest BCUT2D eigenvalue weighted by atomic mass is 16.5. The van der Waals surface area contributed by atoms with Gasteiger partial charge in [0.1, 0.15) is 18.1 Å². The number of likely N-dealkylation sites (tertiary alicyclic amines) is 2. The van der Waals surface area contributed by atoms with E-state index in [2.05, 4.69) is 15.5 Å². The normalized spacial score (nSPS) is 21.9. The molecule has 3 heterocycles. The van der Waals surface area contributed by atoms with Gasteiger partial charge in [0.05, 0.1) is 25.8 Å². The minimum absolute atomic E-state index is 0.102. The molecule has 0 aliphatic carbocycles. The molecule has 3 fully saturated rings. The Morgan fingerprint density at radius 3 is 2.14 bits per heavy atom. The first-order valence-electron chi connectivity index (χ1n) is 15.4. The Hall–Kier alpha value is -3.47. The third kappa shape index (κ3) is 7.93. The Kier molecular flexibility index (Phi) is 10.1. The molecular formula is C32H47N5O6. The monoisotopic (exact) mass is 597 g/mol. The Morgan fingerprint density at radius 2 is 1.56 bits per heavy atom. The summed E-state index contributed by atoms with van der Waals surface area (Å²) in [4.78, 5) is 71.3. The van der Waals surface area contributed by atoms with Gasteiger partial charge in [-0.15, -0.1) is 0 Å². The van der Waals surface area contributed by atoms with Crippen molar-refractivity contribution in [2.75, 3.05) is 44.3 Å². The Balaban J connectivity index is 1.46. The van der Waals surface area contributed by atoms with Crippen molar-refractivity contribution in [3.05, 3.63) is 29.8 Å². The highest BCUT2D eigenvalue weighted by molar-refractivity contribution is 6.01. The zero-order valence-electron chi connectivity index (χ0n) is 26.4. The van der Waals surface area contributed by atoms with E-state index in [-0.39, 0.29) is 47.3 Å². The van der Waals surface area contributed by atoms with Crippen LogP contribution in [0.2, 0.25) is 0 Å². The third-order valence-electron chi connectivity index (χ3n) is 8.30. The molecule has 0 saturated carbocycles. The number of benzene rings is 1. The van der Waals surface area contributed by atoms with E-state index < -0.39 is 24.2 Å². The van der Waals surface area contributed by atoms with Gasteiger partial charge in [-0.2, -0.15) is 0 Å². The maximum atomic E-state index is 13.9. The Morgan fingerprint density at radius 1 is 0.930 bits per heavy atom. The summed E-state index contributed by atoms with van der Waals surface area (Å²) in [6.45, 7) is 14.4. The van der Waals surface area contributed by atoms with Crippen molar-refractivity contribution in [2.24, 2.45) is 11.3 Å². The highest BCUT2D eigenvalue weighted by Crippen LogP contribution is 2.32. The summed E-state index contributed by atoms with van der Waals surface area (Å²) in [5.41, 5.74) is 1.24. The molecule has 3 saturated heterocycles. The van der Waals surface area contributed by atoms with E-state index in [4.69, 9.17) is 4.74 Å².